The van der Waals surface area contributed by atoms with Gasteiger partial charge in [-0.3, -0.25) is 0 Å². The first kappa shape index (κ1) is 19.3. The second-order valence-electron chi connectivity index (χ2n) is 6.65. The monoisotopic (exact) mass is 415 g/mol. The Morgan fingerprint density at radius 2 is 1.90 bits per heavy atom. The lowest BCUT2D eigenvalue weighted by atomic mass is 9.95. The Hall–Kier alpha value is -4.01. The Morgan fingerprint density at radius 1 is 1.13 bits per heavy atom. The van der Waals surface area contributed by atoms with E-state index in [0.717, 1.165) is 16.8 Å². The standard InChI is InChI=1S/C22H14FN5OS/c1-12-19(21-27-18(11-30-21)14-4-2-13(9-24)3-5-14)20(28-22(29)26-12)15-6-7-16(10-25)17(23)8-15/h2-8,11,20H,1H3,(H2,26,28,29). The average Bonchev–Trinajstić information content (AvgIpc) is 3.22. The van der Waals surface area contributed by atoms with Crippen LogP contribution in [-0.4, -0.2) is 11.0 Å². The fraction of sp³-hybridized carbons (Fsp3) is 0.0909. The third-order valence-corrected chi connectivity index (χ3v) is 5.64. The van der Waals surface area contributed by atoms with Crippen LogP contribution in [-0.2, 0) is 0 Å². The number of aromatic nitrogens is 1. The molecule has 2 amide bonds. The number of thiazole rings is 1. The summed E-state index contributed by atoms with van der Waals surface area (Å²) in [6, 6.07) is 14.3. The van der Waals surface area contributed by atoms with Crippen LogP contribution in [0.5, 0.6) is 0 Å². The molecule has 1 unspecified atom stereocenters. The van der Waals surface area contributed by atoms with Crippen LogP contribution in [0.4, 0.5) is 9.18 Å². The van der Waals surface area contributed by atoms with Gasteiger partial charge in [0.2, 0.25) is 0 Å². The van der Waals surface area contributed by atoms with E-state index in [-0.39, 0.29) is 5.56 Å². The van der Waals surface area contributed by atoms with Gasteiger partial charge in [-0.1, -0.05) is 18.2 Å². The third kappa shape index (κ3) is 3.52. The van der Waals surface area contributed by atoms with Crippen molar-refractivity contribution in [2.75, 3.05) is 0 Å². The van der Waals surface area contributed by atoms with Crippen LogP contribution in [0, 0.1) is 28.5 Å². The SMILES string of the molecule is CC1=C(c2nc(-c3ccc(C#N)cc3)cs2)C(c2ccc(C#N)c(F)c2)NC(=O)N1. The predicted molar refractivity (Wildman–Crippen MR) is 110 cm³/mol. The third-order valence-electron chi connectivity index (χ3n) is 4.76. The van der Waals surface area contributed by atoms with Gasteiger partial charge in [0.25, 0.3) is 0 Å². The summed E-state index contributed by atoms with van der Waals surface area (Å²) < 4.78 is 14.2. The molecule has 0 spiro atoms. The van der Waals surface area contributed by atoms with Gasteiger partial charge in [0.1, 0.15) is 16.9 Å². The maximum atomic E-state index is 14.2. The van der Waals surface area contributed by atoms with E-state index >= 15 is 0 Å². The Kier molecular flexibility index (Phi) is 5.01. The maximum absolute atomic E-state index is 14.2. The van der Waals surface area contributed by atoms with Crippen molar-refractivity contribution in [2.24, 2.45) is 0 Å². The number of urea groups is 1. The van der Waals surface area contributed by atoms with Crippen LogP contribution < -0.4 is 10.6 Å². The summed E-state index contributed by atoms with van der Waals surface area (Å²) in [6.45, 7) is 1.77. The van der Waals surface area contributed by atoms with Crippen molar-refractivity contribution in [2.45, 2.75) is 13.0 Å². The van der Waals surface area contributed by atoms with Crippen LogP contribution in [0.25, 0.3) is 16.8 Å². The van der Waals surface area contributed by atoms with Crippen molar-refractivity contribution in [3.63, 3.8) is 0 Å². The summed E-state index contributed by atoms with van der Waals surface area (Å²) in [7, 11) is 0. The highest BCUT2D eigenvalue weighted by molar-refractivity contribution is 7.11. The van der Waals surface area contributed by atoms with Gasteiger partial charge in [0.05, 0.1) is 28.9 Å². The number of halogens is 1. The fourth-order valence-corrected chi connectivity index (χ4v) is 4.24. The van der Waals surface area contributed by atoms with E-state index in [1.54, 1.807) is 31.2 Å². The lowest BCUT2D eigenvalue weighted by molar-refractivity contribution is 0.240. The molecule has 0 aliphatic carbocycles. The molecular formula is C22H14FN5OS. The first-order chi connectivity index (χ1) is 14.5. The fourth-order valence-electron chi connectivity index (χ4n) is 3.27. The zero-order valence-corrected chi connectivity index (χ0v) is 16.5. The Balaban J connectivity index is 1.75. The Labute approximate surface area is 175 Å². The minimum absolute atomic E-state index is 0.0568. The van der Waals surface area contributed by atoms with Crippen LogP contribution in [0.2, 0.25) is 0 Å². The molecular weight excluding hydrogens is 401 g/mol. The number of allylic oxidation sites excluding steroid dienone is 1. The number of amides is 2. The van der Waals surface area contributed by atoms with Gasteiger partial charge in [-0.25, -0.2) is 14.2 Å². The summed E-state index contributed by atoms with van der Waals surface area (Å²) in [5.74, 6) is -0.641. The van der Waals surface area contributed by atoms with Crippen molar-refractivity contribution in [3.8, 4) is 23.4 Å². The van der Waals surface area contributed by atoms with E-state index in [1.807, 2.05) is 17.5 Å². The van der Waals surface area contributed by atoms with Crippen LogP contribution >= 0.6 is 11.3 Å². The normalized spacial score (nSPS) is 15.7. The predicted octanol–water partition coefficient (Wildman–Crippen LogP) is 4.48. The molecule has 0 bridgehead atoms. The molecule has 1 aliphatic heterocycles. The summed E-state index contributed by atoms with van der Waals surface area (Å²) in [5, 5.41) is 26.1. The van der Waals surface area contributed by atoms with Crippen molar-refractivity contribution in [1.82, 2.24) is 15.6 Å². The quantitative estimate of drug-likeness (QED) is 0.658. The molecule has 0 saturated heterocycles. The highest BCUT2D eigenvalue weighted by Crippen LogP contribution is 2.37. The maximum Gasteiger partial charge on any atom is 0.319 e. The summed E-state index contributed by atoms with van der Waals surface area (Å²) in [5.41, 5.74) is 3.97. The van der Waals surface area contributed by atoms with E-state index in [1.165, 1.54) is 23.5 Å². The molecule has 146 valence electrons. The molecule has 2 aromatic carbocycles. The molecule has 1 aromatic heterocycles. The molecule has 1 aliphatic rings. The van der Waals surface area contributed by atoms with E-state index in [4.69, 9.17) is 15.5 Å². The molecule has 0 saturated carbocycles. The smallest absolute Gasteiger partial charge is 0.319 e. The first-order valence-electron chi connectivity index (χ1n) is 8.94. The number of hydrogen-bond donors (Lipinski definition) is 2. The van der Waals surface area contributed by atoms with Crippen molar-refractivity contribution < 1.29 is 9.18 Å². The molecule has 0 fully saturated rings. The topological polar surface area (TPSA) is 102 Å². The summed E-state index contributed by atoms with van der Waals surface area (Å²) in [4.78, 5) is 16.8. The van der Waals surface area contributed by atoms with Crippen molar-refractivity contribution in [3.05, 3.63) is 81.1 Å². The number of benzene rings is 2. The molecule has 3 aromatic rings. The second-order valence-corrected chi connectivity index (χ2v) is 7.51. The minimum atomic E-state index is -0.641. The lowest BCUT2D eigenvalue weighted by Crippen LogP contribution is -2.42. The molecule has 2 heterocycles. The summed E-state index contributed by atoms with van der Waals surface area (Å²) >= 11 is 1.40. The van der Waals surface area contributed by atoms with Gasteiger partial charge in [0.15, 0.2) is 0 Å². The van der Waals surface area contributed by atoms with E-state index in [0.29, 0.717) is 21.8 Å². The highest BCUT2D eigenvalue weighted by Gasteiger charge is 2.30. The minimum Gasteiger partial charge on any atom is -0.327 e. The largest absolute Gasteiger partial charge is 0.327 e. The number of nitrogens with zero attached hydrogens (tertiary/aromatic N) is 3. The highest BCUT2D eigenvalue weighted by atomic mass is 32.1. The molecule has 4 rings (SSSR count). The van der Waals surface area contributed by atoms with Gasteiger partial charge in [-0.05, 0) is 36.8 Å². The number of rotatable bonds is 3. The molecule has 1 atom stereocenters. The van der Waals surface area contributed by atoms with Crippen LogP contribution in [0.1, 0.15) is 34.7 Å². The number of nitrogens with one attached hydrogen (secondary N) is 2. The zero-order chi connectivity index (χ0) is 21.3. The lowest BCUT2D eigenvalue weighted by Gasteiger charge is -2.28. The van der Waals surface area contributed by atoms with Gasteiger partial charge in [-0.15, -0.1) is 11.3 Å². The van der Waals surface area contributed by atoms with Crippen molar-refractivity contribution in [1.29, 1.82) is 10.5 Å². The van der Waals surface area contributed by atoms with Crippen LogP contribution in [0.3, 0.4) is 0 Å². The molecule has 2 N–H and O–H groups in total. The molecule has 0 radical (unpaired) electrons. The number of carbonyl (C=O) groups excluding carboxylic acids is 1. The Morgan fingerprint density at radius 3 is 2.57 bits per heavy atom. The summed E-state index contributed by atoms with van der Waals surface area (Å²) in [6.07, 6.45) is 0. The van der Waals surface area contributed by atoms with E-state index < -0.39 is 17.9 Å². The molecule has 30 heavy (non-hydrogen) atoms. The van der Waals surface area contributed by atoms with Crippen molar-refractivity contribution >= 4 is 22.9 Å². The molecule has 6 nitrogen and oxygen atoms in total. The van der Waals surface area contributed by atoms with Gasteiger partial charge in [0, 0.05) is 22.2 Å². The van der Waals surface area contributed by atoms with Crippen LogP contribution in [0.15, 0.2) is 53.5 Å². The van der Waals surface area contributed by atoms with E-state index in [9.17, 15) is 9.18 Å². The number of hydrogen-bond acceptors (Lipinski definition) is 5. The molecule has 8 heteroatoms. The van der Waals surface area contributed by atoms with E-state index in [2.05, 4.69) is 16.7 Å². The Bertz CT molecular complexity index is 1260. The van der Waals surface area contributed by atoms with Gasteiger partial charge < -0.3 is 10.6 Å². The van der Waals surface area contributed by atoms with Gasteiger partial charge >= 0.3 is 6.03 Å². The number of nitriles is 2. The number of carbonyl (C=O) groups is 1. The van der Waals surface area contributed by atoms with Gasteiger partial charge in [-0.2, -0.15) is 10.5 Å². The average molecular weight is 415 g/mol. The second kappa shape index (κ2) is 7.78. The first-order valence-corrected chi connectivity index (χ1v) is 9.82. The zero-order valence-electron chi connectivity index (χ0n) is 15.7.